The van der Waals surface area contributed by atoms with E-state index in [0.29, 0.717) is 12.8 Å². The number of hydrogen-bond donors (Lipinski definition) is 2. The second kappa shape index (κ2) is 21.7. The molecule has 0 aromatic rings. The molecule has 3 rings (SSSR count). The first-order valence-electron chi connectivity index (χ1n) is 18.7. The number of hydrogen-bond acceptors (Lipinski definition) is 7. The number of aliphatic hydroxyl groups is 2. The van der Waals surface area contributed by atoms with Crippen molar-refractivity contribution in [3.8, 4) is 0 Å². The molecule has 0 radical (unpaired) electrons. The maximum absolute atomic E-state index is 11.9. The minimum absolute atomic E-state index is 0.00211. The molecule has 7 nitrogen and oxygen atoms in total. The van der Waals surface area contributed by atoms with Crippen LogP contribution >= 0.6 is 0 Å². The largest absolute Gasteiger partial charge is 0.462 e. The molecule has 3 fully saturated rings. The first-order chi connectivity index (χ1) is 21.4. The van der Waals surface area contributed by atoms with Crippen molar-refractivity contribution < 1.29 is 34.0 Å². The van der Waals surface area contributed by atoms with Crippen molar-refractivity contribution in [2.75, 3.05) is 0 Å². The Morgan fingerprint density at radius 3 is 1.64 bits per heavy atom. The highest BCUT2D eigenvalue weighted by molar-refractivity contribution is 5.83. The number of ether oxygens (including phenoxy) is 3. The van der Waals surface area contributed by atoms with Crippen LogP contribution in [0.3, 0.4) is 0 Å². The predicted molar refractivity (Wildman–Crippen MR) is 174 cm³/mol. The molecule has 0 aromatic carbocycles. The fourth-order valence-electron chi connectivity index (χ4n) is 7.55. The average molecular weight is 623 g/mol. The molecule has 2 N–H and O–H groups in total. The van der Waals surface area contributed by atoms with Gasteiger partial charge in [0.1, 0.15) is 11.9 Å². The summed E-state index contributed by atoms with van der Waals surface area (Å²) in [6.45, 7) is 3.79. The standard InChI is InChI=1S/C37H66O7/c1-3-4-5-6-7-11-14-17-20-31(39)33-22-24-35(43-33)36-25-23-34(44-36)32(40)21-18-15-12-9-8-10-13-16-19-30-27-29(26-28(2)38)37(41)42-30/h29-36,39-40H,3-27H2,1-2H3/t29-,30-,31+,32-,33?,34?,35-,36?/m1/s1. The molecular formula is C37H66O7. The average Bonchev–Trinajstić information content (AvgIpc) is 3.75. The lowest BCUT2D eigenvalue weighted by Crippen LogP contribution is -2.33. The Balaban J connectivity index is 1.13. The van der Waals surface area contributed by atoms with Gasteiger partial charge in [0, 0.05) is 6.42 Å². The van der Waals surface area contributed by atoms with Crippen LogP contribution in [0.25, 0.3) is 0 Å². The van der Waals surface area contributed by atoms with Gasteiger partial charge in [-0.05, 0) is 64.7 Å². The third-order valence-electron chi connectivity index (χ3n) is 10.3. The zero-order valence-corrected chi connectivity index (χ0v) is 28.2. The van der Waals surface area contributed by atoms with Gasteiger partial charge in [-0.2, -0.15) is 0 Å². The van der Waals surface area contributed by atoms with E-state index in [1.807, 2.05) is 0 Å². The fourth-order valence-corrected chi connectivity index (χ4v) is 7.55. The summed E-state index contributed by atoms with van der Waals surface area (Å²) in [4.78, 5) is 23.1. The Bertz CT molecular complexity index is 788. The normalized spacial score (nSPS) is 28.4. The molecule has 0 bridgehead atoms. The summed E-state index contributed by atoms with van der Waals surface area (Å²) in [6.07, 6.45) is 26.0. The van der Waals surface area contributed by atoms with Crippen molar-refractivity contribution in [1.82, 2.24) is 0 Å². The summed E-state index contributed by atoms with van der Waals surface area (Å²) in [5.74, 6) is -0.348. The number of unbranched alkanes of at least 4 members (excludes halogenated alkanes) is 14. The number of rotatable bonds is 25. The first-order valence-corrected chi connectivity index (χ1v) is 18.7. The molecule has 0 aromatic heterocycles. The van der Waals surface area contributed by atoms with Gasteiger partial charge in [-0.3, -0.25) is 4.79 Å². The van der Waals surface area contributed by atoms with Crippen LogP contribution in [0.15, 0.2) is 0 Å². The van der Waals surface area contributed by atoms with Crippen molar-refractivity contribution in [1.29, 1.82) is 0 Å². The lowest BCUT2D eigenvalue weighted by atomic mass is 9.96. The maximum atomic E-state index is 11.9. The highest BCUT2D eigenvalue weighted by atomic mass is 16.6. The van der Waals surface area contributed by atoms with Crippen LogP contribution in [0.1, 0.15) is 174 Å². The van der Waals surface area contributed by atoms with Gasteiger partial charge in [0.2, 0.25) is 0 Å². The van der Waals surface area contributed by atoms with Gasteiger partial charge in [-0.15, -0.1) is 0 Å². The fraction of sp³-hybridized carbons (Fsp3) is 0.946. The highest BCUT2D eigenvalue weighted by Gasteiger charge is 2.40. The van der Waals surface area contributed by atoms with E-state index in [2.05, 4.69) is 6.92 Å². The lowest BCUT2D eigenvalue weighted by molar-refractivity contribution is -0.145. The van der Waals surface area contributed by atoms with Crippen LogP contribution in [0.2, 0.25) is 0 Å². The monoisotopic (exact) mass is 622 g/mol. The number of carbonyl (C=O) groups is 2. The Kier molecular flexibility index (Phi) is 18.5. The quantitative estimate of drug-likeness (QED) is 0.0782. The molecule has 3 aliphatic heterocycles. The zero-order valence-electron chi connectivity index (χ0n) is 28.2. The molecule has 44 heavy (non-hydrogen) atoms. The Labute approximate surface area is 268 Å². The molecule has 0 aliphatic carbocycles. The molecule has 3 unspecified atom stereocenters. The third kappa shape index (κ3) is 14.2. The summed E-state index contributed by atoms with van der Waals surface area (Å²) in [7, 11) is 0. The van der Waals surface area contributed by atoms with E-state index in [4.69, 9.17) is 14.2 Å². The molecule has 3 heterocycles. The molecule has 256 valence electrons. The minimum Gasteiger partial charge on any atom is -0.462 e. The number of carbonyl (C=O) groups excluding carboxylic acids is 2. The summed E-state index contributed by atoms with van der Waals surface area (Å²) < 4.78 is 18.0. The van der Waals surface area contributed by atoms with Crippen LogP contribution in [-0.4, -0.2) is 64.7 Å². The van der Waals surface area contributed by atoms with E-state index >= 15 is 0 Å². The molecule has 7 heteroatoms. The topological polar surface area (TPSA) is 102 Å². The van der Waals surface area contributed by atoms with Gasteiger partial charge in [0.05, 0.1) is 42.5 Å². The second-order valence-corrected chi connectivity index (χ2v) is 14.3. The van der Waals surface area contributed by atoms with Crippen molar-refractivity contribution >= 4 is 11.8 Å². The highest BCUT2D eigenvalue weighted by Crippen LogP contribution is 2.35. The van der Waals surface area contributed by atoms with Gasteiger partial charge >= 0.3 is 5.97 Å². The van der Waals surface area contributed by atoms with Gasteiger partial charge in [-0.1, -0.05) is 103 Å². The van der Waals surface area contributed by atoms with Crippen LogP contribution in [0.4, 0.5) is 0 Å². The number of cyclic esters (lactones) is 1. The van der Waals surface area contributed by atoms with Crippen LogP contribution in [0, 0.1) is 5.92 Å². The molecule has 3 saturated heterocycles. The Hall–Kier alpha value is -1.02. The van der Waals surface area contributed by atoms with Crippen molar-refractivity contribution in [2.45, 2.75) is 217 Å². The number of Topliss-reactive ketones (excluding diaryl/α,β-unsaturated/α-hetero) is 1. The maximum Gasteiger partial charge on any atom is 0.309 e. The number of aliphatic hydroxyl groups excluding tert-OH is 2. The molecule has 3 aliphatic rings. The summed E-state index contributed by atoms with van der Waals surface area (Å²) >= 11 is 0. The first kappa shape index (κ1) is 37.4. The van der Waals surface area contributed by atoms with E-state index in [1.165, 1.54) is 77.6 Å². The third-order valence-corrected chi connectivity index (χ3v) is 10.3. The van der Waals surface area contributed by atoms with E-state index in [0.717, 1.165) is 77.0 Å². The van der Waals surface area contributed by atoms with Crippen LogP contribution < -0.4 is 0 Å². The molecule has 0 saturated carbocycles. The molecular weight excluding hydrogens is 556 g/mol. The van der Waals surface area contributed by atoms with Gasteiger partial charge in [0.25, 0.3) is 0 Å². The Morgan fingerprint density at radius 2 is 1.16 bits per heavy atom. The lowest BCUT2D eigenvalue weighted by Gasteiger charge is -2.24. The number of esters is 1. The van der Waals surface area contributed by atoms with E-state index in [1.54, 1.807) is 0 Å². The van der Waals surface area contributed by atoms with Gasteiger partial charge in [-0.25, -0.2) is 0 Å². The molecule has 0 spiro atoms. The van der Waals surface area contributed by atoms with Gasteiger partial charge < -0.3 is 29.2 Å². The molecule has 0 amide bonds. The zero-order chi connectivity index (χ0) is 31.6. The smallest absolute Gasteiger partial charge is 0.309 e. The predicted octanol–water partition coefficient (Wildman–Crippen LogP) is 8.15. The van der Waals surface area contributed by atoms with Crippen molar-refractivity contribution in [3.05, 3.63) is 0 Å². The van der Waals surface area contributed by atoms with Crippen LogP contribution in [-0.2, 0) is 23.8 Å². The molecule has 8 atom stereocenters. The number of ketones is 1. The Morgan fingerprint density at radius 1 is 0.705 bits per heavy atom. The minimum atomic E-state index is -0.399. The van der Waals surface area contributed by atoms with Crippen molar-refractivity contribution in [2.24, 2.45) is 5.92 Å². The van der Waals surface area contributed by atoms with E-state index < -0.39 is 6.10 Å². The summed E-state index contributed by atoms with van der Waals surface area (Å²) in [5, 5.41) is 21.4. The van der Waals surface area contributed by atoms with E-state index in [-0.39, 0.29) is 54.3 Å². The SMILES string of the molecule is CCCCCCCCCC[C@H](O)C1CC[C@H](C2CCC([C@H](O)CCCCCCCCCC[C@@H]3C[C@@H](CC(C)=O)C(=O)O3)O2)O1. The summed E-state index contributed by atoms with van der Waals surface area (Å²) in [6, 6.07) is 0. The van der Waals surface area contributed by atoms with Gasteiger partial charge in [0.15, 0.2) is 0 Å². The van der Waals surface area contributed by atoms with Crippen LogP contribution in [0.5, 0.6) is 0 Å². The van der Waals surface area contributed by atoms with Crippen molar-refractivity contribution in [3.63, 3.8) is 0 Å². The summed E-state index contributed by atoms with van der Waals surface area (Å²) in [5.41, 5.74) is 0. The van der Waals surface area contributed by atoms with E-state index in [9.17, 15) is 19.8 Å². The second-order valence-electron chi connectivity index (χ2n) is 14.3.